The Kier molecular flexibility index (Phi) is 5.76. The van der Waals surface area contributed by atoms with Gasteiger partial charge in [0, 0.05) is 23.5 Å². The average molecular weight is 389 g/mol. The topological polar surface area (TPSA) is 65.2 Å². The Morgan fingerprint density at radius 1 is 1.07 bits per heavy atom. The molecule has 0 bridgehead atoms. The summed E-state index contributed by atoms with van der Waals surface area (Å²) < 4.78 is 0. The molecule has 1 atom stereocenters. The predicted octanol–water partition coefficient (Wildman–Crippen LogP) is 3.73. The number of rotatable bonds is 5. The fourth-order valence-corrected chi connectivity index (χ4v) is 4.15. The van der Waals surface area contributed by atoms with Gasteiger partial charge in [-0.3, -0.25) is 14.5 Å². The van der Waals surface area contributed by atoms with Gasteiger partial charge in [-0.2, -0.15) is 0 Å². The van der Waals surface area contributed by atoms with Crippen LogP contribution in [0.15, 0.2) is 65.6 Å². The number of carbonyl (C=O) groups excluding carboxylic acids is 1. The van der Waals surface area contributed by atoms with Crippen LogP contribution in [0.4, 0.5) is 0 Å². The van der Waals surface area contributed by atoms with Gasteiger partial charge >= 0.3 is 0 Å². The van der Waals surface area contributed by atoms with Crippen LogP contribution in [-0.2, 0) is 0 Å². The van der Waals surface area contributed by atoms with Crippen LogP contribution in [0.25, 0.3) is 10.8 Å². The second kappa shape index (κ2) is 8.62. The van der Waals surface area contributed by atoms with Gasteiger partial charge < -0.3 is 10.3 Å². The minimum absolute atomic E-state index is 0.140. The number of carbonyl (C=O) groups is 1. The molecule has 2 aromatic carbocycles. The number of piperidine rings is 1. The van der Waals surface area contributed by atoms with Gasteiger partial charge in [-0.1, -0.05) is 55.5 Å². The molecule has 1 fully saturated rings. The first-order valence-corrected chi connectivity index (χ1v) is 10.3. The van der Waals surface area contributed by atoms with Crippen LogP contribution in [0.2, 0.25) is 0 Å². The van der Waals surface area contributed by atoms with Crippen molar-refractivity contribution in [3.05, 3.63) is 82.3 Å². The minimum atomic E-state index is -0.179. The number of nitrogens with zero attached hydrogens (tertiary/aromatic N) is 1. The van der Waals surface area contributed by atoms with Crippen LogP contribution in [0.5, 0.6) is 0 Å². The van der Waals surface area contributed by atoms with Crippen molar-refractivity contribution in [2.45, 2.75) is 25.8 Å². The molecule has 2 heterocycles. The summed E-state index contributed by atoms with van der Waals surface area (Å²) in [5.41, 5.74) is 1.54. The molecular formula is C24H27N3O2. The predicted molar refractivity (Wildman–Crippen MR) is 116 cm³/mol. The molecule has 1 aliphatic rings. The first-order chi connectivity index (χ1) is 14.1. The van der Waals surface area contributed by atoms with E-state index in [1.165, 1.54) is 24.6 Å². The van der Waals surface area contributed by atoms with Gasteiger partial charge in [0.25, 0.3) is 11.5 Å². The molecule has 0 saturated carbocycles. The molecule has 0 radical (unpaired) electrons. The Morgan fingerprint density at radius 2 is 1.72 bits per heavy atom. The fraction of sp³-hybridized carbons (Fsp3) is 0.333. The lowest BCUT2D eigenvalue weighted by atomic mass is 9.95. The monoisotopic (exact) mass is 389 g/mol. The summed E-state index contributed by atoms with van der Waals surface area (Å²) in [6.07, 6.45) is 3.88. The molecule has 0 aliphatic carbocycles. The third kappa shape index (κ3) is 4.25. The van der Waals surface area contributed by atoms with Gasteiger partial charge in [0.15, 0.2) is 0 Å². The first kappa shape index (κ1) is 19.4. The largest absolute Gasteiger partial charge is 0.350 e. The van der Waals surface area contributed by atoms with Gasteiger partial charge in [0.05, 0.1) is 11.6 Å². The molecule has 1 amide bonds. The molecular weight excluding hydrogens is 362 g/mol. The van der Waals surface area contributed by atoms with E-state index in [0.29, 0.717) is 22.9 Å². The highest BCUT2D eigenvalue weighted by Crippen LogP contribution is 2.26. The molecule has 4 rings (SSSR count). The van der Waals surface area contributed by atoms with Gasteiger partial charge in [0.2, 0.25) is 0 Å². The zero-order chi connectivity index (χ0) is 20.2. The van der Waals surface area contributed by atoms with Gasteiger partial charge in [-0.05, 0) is 43.5 Å². The van der Waals surface area contributed by atoms with Crippen molar-refractivity contribution in [1.29, 1.82) is 0 Å². The average Bonchev–Trinajstić information content (AvgIpc) is 2.76. The number of benzene rings is 2. The number of aromatic nitrogens is 1. The van der Waals surface area contributed by atoms with Crippen molar-refractivity contribution in [3.8, 4) is 0 Å². The molecule has 0 unspecified atom stereocenters. The van der Waals surface area contributed by atoms with Crippen molar-refractivity contribution >= 4 is 16.7 Å². The Morgan fingerprint density at radius 3 is 2.45 bits per heavy atom. The summed E-state index contributed by atoms with van der Waals surface area (Å²) in [5.74, 6) is 0.591. The lowest BCUT2D eigenvalue weighted by Crippen LogP contribution is -2.42. The van der Waals surface area contributed by atoms with Crippen molar-refractivity contribution in [1.82, 2.24) is 15.2 Å². The van der Waals surface area contributed by atoms with E-state index >= 15 is 0 Å². The maximum atomic E-state index is 13.0. The second-order valence-electron chi connectivity index (χ2n) is 7.93. The number of amides is 1. The lowest BCUT2D eigenvalue weighted by Gasteiger charge is -2.37. The van der Waals surface area contributed by atoms with Crippen molar-refractivity contribution in [2.75, 3.05) is 19.6 Å². The maximum Gasteiger partial charge on any atom is 0.255 e. The molecule has 3 aromatic rings. The van der Waals surface area contributed by atoms with Crippen molar-refractivity contribution in [3.63, 3.8) is 0 Å². The quantitative estimate of drug-likeness (QED) is 0.699. The van der Waals surface area contributed by atoms with E-state index < -0.39 is 0 Å². The number of hydrogen-bond donors (Lipinski definition) is 2. The van der Waals surface area contributed by atoms with Crippen LogP contribution < -0.4 is 10.9 Å². The number of nitrogens with one attached hydrogen (secondary N) is 2. The zero-order valence-electron chi connectivity index (χ0n) is 16.7. The Labute approximate surface area is 170 Å². The Balaban J connectivity index is 1.55. The summed E-state index contributed by atoms with van der Waals surface area (Å²) in [6, 6.07) is 17.7. The molecule has 5 nitrogen and oxygen atoms in total. The van der Waals surface area contributed by atoms with Gasteiger partial charge in [-0.15, -0.1) is 0 Å². The summed E-state index contributed by atoms with van der Waals surface area (Å²) >= 11 is 0. The van der Waals surface area contributed by atoms with E-state index in [4.69, 9.17) is 0 Å². The van der Waals surface area contributed by atoms with E-state index in [0.717, 1.165) is 19.0 Å². The number of fused-ring (bicyclic) bond motifs is 1. The number of H-pyrrole nitrogens is 1. The minimum Gasteiger partial charge on any atom is -0.350 e. The van der Waals surface area contributed by atoms with Gasteiger partial charge in [-0.25, -0.2) is 0 Å². The molecule has 29 heavy (non-hydrogen) atoms. The van der Waals surface area contributed by atoms with Crippen LogP contribution >= 0.6 is 0 Å². The summed E-state index contributed by atoms with van der Waals surface area (Å²) in [4.78, 5) is 30.2. The number of pyridine rings is 1. The van der Waals surface area contributed by atoms with Crippen molar-refractivity contribution in [2.24, 2.45) is 5.92 Å². The van der Waals surface area contributed by atoms with Crippen LogP contribution in [-0.4, -0.2) is 35.4 Å². The lowest BCUT2D eigenvalue weighted by molar-refractivity contribution is 0.0914. The van der Waals surface area contributed by atoms with E-state index in [1.807, 2.05) is 36.4 Å². The Bertz CT molecular complexity index is 1040. The standard InChI is InChI=1S/C24H27N3O2/c1-17-11-13-27(14-12-17)22(18-7-3-2-4-8-18)16-26-24(29)21-15-25-23(28)20-10-6-5-9-19(20)21/h2-10,15,17,22H,11-14,16H2,1H3,(H,25,28)(H,26,29)/t22-/m1/s1. The normalized spacial score (nSPS) is 16.6. The van der Waals surface area contributed by atoms with Crippen molar-refractivity contribution < 1.29 is 4.79 Å². The number of hydrogen-bond acceptors (Lipinski definition) is 3. The molecule has 150 valence electrons. The van der Waals surface area contributed by atoms with Crippen LogP contribution in [0.1, 0.15) is 41.7 Å². The van der Waals surface area contributed by atoms with Crippen LogP contribution in [0.3, 0.4) is 0 Å². The van der Waals surface area contributed by atoms with Gasteiger partial charge in [0.1, 0.15) is 0 Å². The summed E-state index contributed by atoms with van der Waals surface area (Å²) in [5, 5.41) is 4.32. The number of aromatic amines is 1. The smallest absolute Gasteiger partial charge is 0.255 e. The molecule has 1 aromatic heterocycles. The Hall–Kier alpha value is -2.92. The third-order valence-corrected chi connectivity index (χ3v) is 5.95. The molecule has 0 spiro atoms. The fourth-order valence-electron chi connectivity index (χ4n) is 4.15. The SMILES string of the molecule is CC1CCN([C@H](CNC(=O)c2c[nH]c(=O)c3ccccc23)c2ccccc2)CC1. The molecule has 2 N–H and O–H groups in total. The highest BCUT2D eigenvalue weighted by molar-refractivity contribution is 6.06. The molecule has 1 saturated heterocycles. The first-order valence-electron chi connectivity index (χ1n) is 10.3. The van der Waals surface area contributed by atoms with E-state index in [2.05, 4.69) is 34.3 Å². The molecule has 5 heteroatoms. The number of likely N-dealkylation sites (tertiary alicyclic amines) is 1. The highest BCUT2D eigenvalue weighted by atomic mass is 16.1. The zero-order valence-corrected chi connectivity index (χ0v) is 16.7. The van der Waals surface area contributed by atoms with E-state index in [-0.39, 0.29) is 17.5 Å². The van der Waals surface area contributed by atoms with Crippen LogP contribution in [0, 0.1) is 5.92 Å². The van der Waals surface area contributed by atoms with E-state index in [1.54, 1.807) is 6.07 Å². The second-order valence-corrected chi connectivity index (χ2v) is 7.93. The van der Waals surface area contributed by atoms with E-state index in [9.17, 15) is 9.59 Å². The summed E-state index contributed by atoms with van der Waals surface area (Å²) in [6.45, 7) is 4.92. The maximum absolute atomic E-state index is 13.0. The molecule has 1 aliphatic heterocycles. The third-order valence-electron chi connectivity index (χ3n) is 5.95. The summed E-state index contributed by atoms with van der Waals surface area (Å²) in [7, 11) is 0. The highest BCUT2D eigenvalue weighted by Gasteiger charge is 2.25.